The minimum atomic E-state index is 0.849. The Balaban J connectivity index is 1.98. The molecule has 122 valence electrons. The number of hydrogen-bond donors (Lipinski definition) is 0. The third kappa shape index (κ3) is 2.99. The van der Waals surface area contributed by atoms with Gasteiger partial charge in [-0.2, -0.15) is 0 Å². The zero-order valence-electron chi connectivity index (χ0n) is 14.4. The molecule has 0 saturated heterocycles. The number of nitrogens with zero attached hydrogens (tertiary/aromatic N) is 1. The fourth-order valence-corrected chi connectivity index (χ4v) is 3.10. The van der Waals surface area contributed by atoms with Gasteiger partial charge >= 0.3 is 0 Å². The van der Waals surface area contributed by atoms with Gasteiger partial charge in [0.1, 0.15) is 5.75 Å². The van der Waals surface area contributed by atoms with Crippen molar-refractivity contribution in [3.8, 4) is 28.1 Å². The van der Waals surface area contributed by atoms with Gasteiger partial charge in [0, 0.05) is 16.5 Å². The van der Waals surface area contributed by atoms with Crippen molar-refractivity contribution in [2.24, 2.45) is 0 Å². The number of pyridine rings is 1. The normalized spacial score (nSPS) is 10.8. The van der Waals surface area contributed by atoms with Crippen molar-refractivity contribution in [1.29, 1.82) is 0 Å². The molecule has 1 aromatic heterocycles. The van der Waals surface area contributed by atoms with Gasteiger partial charge in [-0.05, 0) is 55.0 Å². The maximum absolute atomic E-state index is 5.28. The smallest absolute Gasteiger partial charge is 0.118 e. The zero-order chi connectivity index (χ0) is 17.2. The lowest BCUT2D eigenvalue weighted by atomic mass is 9.97. The molecule has 0 aliphatic heterocycles. The van der Waals surface area contributed by atoms with Gasteiger partial charge in [-0.3, -0.25) is 0 Å². The summed E-state index contributed by atoms with van der Waals surface area (Å²) in [6.45, 7) is 2.11. The molecule has 4 aromatic rings. The maximum Gasteiger partial charge on any atom is 0.118 e. The van der Waals surface area contributed by atoms with Gasteiger partial charge in [0.2, 0.25) is 0 Å². The quantitative estimate of drug-likeness (QED) is 0.469. The van der Waals surface area contributed by atoms with Crippen LogP contribution in [0.5, 0.6) is 5.75 Å². The summed E-state index contributed by atoms with van der Waals surface area (Å²) in [4.78, 5) is 4.98. The Morgan fingerprint density at radius 3 is 2.24 bits per heavy atom. The lowest BCUT2D eigenvalue weighted by Gasteiger charge is -2.12. The fourth-order valence-electron chi connectivity index (χ4n) is 3.10. The van der Waals surface area contributed by atoms with Crippen molar-refractivity contribution < 1.29 is 4.74 Å². The van der Waals surface area contributed by atoms with Gasteiger partial charge in [0.05, 0.1) is 18.3 Å². The van der Waals surface area contributed by atoms with Crippen LogP contribution in [0.2, 0.25) is 0 Å². The molecule has 25 heavy (non-hydrogen) atoms. The van der Waals surface area contributed by atoms with Crippen LogP contribution in [0.3, 0.4) is 0 Å². The second-order valence-corrected chi connectivity index (χ2v) is 6.18. The Hall–Kier alpha value is -3.13. The molecule has 0 aliphatic rings. The molecule has 4 rings (SSSR count). The van der Waals surface area contributed by atoms with Gasteiger partial charge in [-0.15, -0.1) is 0 Å². The number of rotatable bonds is 3. The lowest BCUT2D eigenvalue weighted by Crippen LogP contribution is -1.92. The van der Waals surface area contributed by atoms with Crippen LogP contribution in [0.15, 0.2) is 78.9 Å². The van der Waals surface area contributed by atoms with E-state index in [0.717, 1.165) is 33.5 Å². The van der Waals surface area contributed by atoms with E-state index in [1.807, 2.05) is 18.2 Å². The highest BCUT2D eigenvalue weighted by Gasteiger charge is 2.11. The van der Waals surface area contributed by atoms with Crippen LogP contribution >= 0.6 is 0 Å². The standard InChI is InChI=1S/C23H19NO/c1-16-8-13-22-19(14-16)15-21(17-6-4-3-5-7-17)23(24-22)18-9-11-20(25-2)12-10-18/h3-15H,1-2H3. The van der Waals surface area contributed by atoms with Crippen molar-refractivity contribution in [2.75, 3.05) is 7.11 Å². The molecular formula is C23H19NO. The zero-order valence-corrected chi connectivity index (χ0v) is 14.4. The first-order valence-corrected chi connectivity index (χ1v) is 8.36. The topological polar surface area (TPSA) is 22.1 Å². The minimum absolute atomic E-state index is 0.849. The third-order valence-electron chi connectivity index (χ3n) is 4.42. The van der Waals surface area contributed by atoms with E-state index in [0.29, 0.717) is 0 Å². The van der Waals surface area contributed by atoms with E-state index >= 15 is 0 Å². The summed E-state index contributed by atoms with van der Waals surface area (Å²) >= 11 is 0. The van der Waals surface area contributed by atoms with Gasteiger partial charge in [0.25, 0.3) is 0 Å². The number of benzene rings is 3. The Labute approximate surface area is 147 Å². The monoisotopic (exact) mass is 325 g/mol. The first kappa shape index (κ1) is 15.4. The Bertz CT molecular complexity index is 1020. The highest BCUT2D eigenvalue weighted by molar-refractivity contribution is 5.91. The fraction of sp³-hybridized carbons (Fsp3) is 0.0870. The first-order valence-electron chi connectivity index (χ1n) is 8.36. The lowest BCUT2D eigenvalue weighted by molar-refractivity contribution is 0.415. The van der Waals surface area contributed by atoms with E-state index in [1.165, 1.54) is 11.1 Å². The number of ether oxygens (including phenoxy) is 1. The van der Waals surface area contributed by atoms with Crippen molar-refractivity contribution in [1.82, 2.24) is 4.98 Å². The van der Waals surface area contributed by atoms with E-state index in [4.69, 9.17) is 9.72 Å². The molecule has 0 saturated carbocycles. The van der Waals surface area contributed by atoms with Gasteiger partial charge in [0.15, 0.2) is 0 Å². The Morgan fingerprint density at radius 2 is 1.52 bits per heavy atom. The predicted octanol–water partition coefficient (Wildman–Crippen LogP) is 5.89. The molecule has 0 amide bonds. The Kier molecular flexibility index (Phi) is 3.95. The molecule has 2 heteroatoms. The largest absolute Gasteiger partial charge is 0.497 e. The van der Waals surface area contributed by atoms with Crippen LogP contribution in [0.1, 0.15) is 5.56 Å². The van der Waals surface area contributed by atoms with Crippen LogP contribution in [0.25, 0.3) is 33.3 Å². The summed E-state index contributed by atoms with van der Waals surface area (Å²) in [7, 11) is 1.68. The van der Waals surface area contributed by atoms with Crippen molar-refractivity contribution >= 4 is 10.9 Å². The summed E-state index contributed by atoms with van der Waals surface area (Å²) < 4.78 is 5.28. The van der Waals surface area contributed by atoms with Gasteiger partial charge < -0.3 is 4.74 Å². The second kappa shape index (κ2) is 6.40. The summed E-state index contributed by atoms with van der Waals surface area (Å²) in [5.41, 5.74) is 6.64. The second-order valence-electron chi connectivity index (χ2n) is 6.18. The summed E-state index contributed by atoms with van der Waals surface area (Å²) in [5, 5.41) is 1.16. The average Bonchev–Trinajstić information content (AvgIpc) is 2.68. The minimum Gasteiger partial charge on any atom is -0.497 e. The molecule has 3 aromatic carbocycles. The van der Waals surface area contributed by atoms with Crippen LogP contribution < -0.4 is 4.74 Å². The summed E-state index contributed by atoms with van der Waals surface area (Å²) in [5.74, 6) is 0.849. The van der Waals surface area contributed by atoms with Crippen molar-refractivity contribution in [3.05, 3.63) is 84.4 Å². The average molecular weight is 325 g/mol. The van der Waals surface area contributed by atoms with Gasteiger partial charge in [-0.25, -0.2) is 4.98 Å². The third-order valence-corrected chi connectivity index (χ3v) is 4.42. The van der Waals surface area contributed by atoms with Crippen LogP contribution in [-0.2, 0) is 0 Å². The van der Waals surface area contributed by atoms with Crippen LogP contribution in [0.4, 0.5) is 0 Å². The molecule has 0 atom stereocenters. The number of hydrogen-bond acceptors (Lipinski definition) is 2. The van der Waals surface area contributed by atoms with Gasteiger partial charge in [-0.1, -0.05) is 42.0 Å². The molecule has 0 bridgehead atoms. The van der Waals surface area contributed by atoms with Crippen molar-refractivity contribution in [3.63, 3.8) is 0 Å². The molecule has 2 nitrogen and oxygen atoms in total. The van der Waals surface area contributed by atoms with E-state index in [2.05, 4.69) is 67.6 Å². The molecule has 0 unspecified atom stereocenters. The number of methoxy groups -OCH3 is 1. The number of aryl methyl sites for hydroxylation is 1. The van der Waals surface area contributed by atoms with Crippen LogP contribution in [0, 0.1) is 6.92 Å². The van der Waals surface area contributed by atoms with E-state index in [9.17, 15) is 0 Å². The number of aromatic nitrogens is 1. The predicted molar refractivity (Wildman–Crippen MR) is 104 cm³/mol. The molecular weight excluding hydrogens is 306 g/mol. The molecule has 0 aliphatic carbocycles. The van der Waals surface area contributed by atoms with Crippen molar-refractivity contribution in [2.45, 2.75) is 6.92 Å². The first-order chi connectivity index (χ1) is 12.2. The van der Waals surface area contributed by atoms with E-state index in [-0.39, 0.29) is 0 Å². The summed E-state index contributed by atoms with van der Waals surface area (Å²) in [6, 6.07) is 27.1. The highest BCUT2D eigenvalue weighted by Crippen LogP contribution is 2.34. The molecule has 0 spiro atoms. The van der Waals surface area contributed by atoms with E-state index in [1.54, 1.807) is 7.11 Å². The SMILES string of the molecule is COc1ccc(-c2nc3ccc(C)cc3cc2-c2ccccc2)cc1. The molecule has 0 N–H and O–H groups in total. The maximum atomic E-state index is 5.28. The molecule has 0 fully saturated rings. The molecule has 0 radical (unpaired) electrons. The summed E-state index contributed by atoms with van der Waals surface area (Å²) in [6.07, 6.45) is 0. The Morgan fingerprint density at radius 1 is 0.760 bits per heavy atom. The molecule has 1 heterocycles. The van der Waals surface area contributed by atoms with E-state index < -0.39 is 0 Å². The van der Waals surface area contributed by atoms with Crippen LogP contribution in [-0.4, -0.2) is 12.1 Å². The number of fused-ring (bicyclic) bond motifs is 1. The highest BCUT2D eigenvalue weighted by atomic mass is 16.5.